The van der Waals surface area contributed by atoms with Gasteiger partial charge >= 0.3 is 5.97 Å². The van der Waals surface area contributed by atoms with Gasteiger partial charge in [-0.05, 0) is 17.2 Å². The van der Waals surface area contributed by atoms with E-state index < -0.39 is 10.9 Å². The van der Waals surface area contributed by atoms with E-state index in [0.29, 0.717) is 23.4 Å². The number of hydrogen-bond donors (Lipinski definition) is 2. The Kier molecular flexibility index (Phi) is 4.94. The minimum absolute atomic E-state index is 0.132. The van der Waals surface area contributed by atoms with Gasteiger partial charge in [0.2, 0.25) is 0 Å². The molecule has 0 saturated heterocycles. The Hall–Kier alpha value is -3.67. The molecular formula is C20H16N2O4. The first-order chi connectivity index (χ1) is 12.6. The van der Waals surface area contributed by atoms with Crippen LogP contribution in [0, 0.1) is 10.1 Å². The predicted molar refractivity (Wildman–Crippen MR) is 99.3 cm³/mol. The Labute approximate surface area is 149 Å². The summed E-state index contributed by atoms with van der Waals surface area (Å²) in [4.78, 5) is 22.4. The van der Waals surface area contributed by atoms with E-state index in [4.69, 9.17) is 0 Å². The monoisotopic (exact) mass is 348 g/mol. The van der Waals surface area contributed by atoms with Gasteiger partial charge in [-0.15, -0.1) is 0 Å². The summed E-state index contributed by atoms with van der Waals surface area (Å²) in [6.45, 7) is 0.418. The van der Waals surface area contributed by atoms with Crippen LogP contribution in [0.1, 0.15) is 15.9 Å². The summed E-state index contributed by atoms with van der Waals surface area (Å²) in [6, 6.07) is 21.0. The van der Waals surface area contributed by atoms with Crippen molar-refractivity contribution in [2.45, 2.75) is 6.54 Å². The Balaban J connectivity index is 2.12. The molecule has 0 spiro atoms. The van der Waals surface area contributed by atoms with Gasteiger partial charge in [-0.3, -0.25) is 10.1 Å². The molecule has 0 saturated carbocycles. The number of carboxylic acids is 1. The van der Waals surface area contributed by atoms with Crippen LogP contribution < -0.4 is 5.32 Å². The predicted octanol–water partition coefficient (Wildman–Crippen LogP) is 4.57. The number of nitrogens with one attached hydrogen (secondary N) is 1. The lowest BCUT2D eigenvalue weighted by Crippen LogP contribution is -2.06. The van der Waals surface area contributed by atoms with Crippen molar-refractivity contribution in [3.63, 3.8) is 0 Å². The molecule has 0 fully saturated rings. The van der Waals surface area contributed by atoms with Crippen molar-refractivity contribution in [1.29, 1.82) is 0 Å². The molecule has 26 heavy (non-hydrogen) atoms. The van der Waals surface area contributed by atoms with Gasteiger partial charge in [0.05, 0.1) is 21.7 Å². The summed E-state index contributed by atoms with van der Waals surface area (Å²) < 4.78 is 0. The zero-order chi connectivity index (χ0) is 18.5. The van der Waals surface area contributed by atoms with Crippen molar-refractivity contribution in [3.8, 4) is 11.1 Å². The maximum absolute atomic E-state index is 11.6. The molecule has 0 heterocycles. The van der Waals surface area contributed by atoms with Gasteiger partial charge in [-0.2, -0.15) is 0 Å². The topological polar surface area (TPSA) is 92.5 Å². The molecule has 6 heteroatoms. The van der Waals surface area contributed by atoms with E-state index in [1.807, 2.05) is 36.4 Å². The third-order valence-electron chi connectivity index (χ3n) is 3.95. The molecule has 0 aromatic heterocycles. The minimum Gasteiger partial charge on any atom is -0.478 e. The standard InChI is InChI=1S/C20H16N2O4/c23-20(24)16-11-17(21-13-14-7-3-1-4-8-14)19(18(12-16)22(25)26)15-9-5-2-6-10-15/h1-12,21H,13H2,(H,23,24). The van der Waals surface area contributed by atoms with Crippen molar-refractivity contribution < 1.29 is 14.8 Å². The van der Waals surface area contributed by atoms with Crippen LogP contribution in [-0.2, 0) is 6.54 Å². The van der Waals surface area contributed by atoms with E-state index in [-0.39, 0.29) is 11.3 Å². The summed E-state index contributed by atoms with van der Waals surface area (Å²) in [5, 5.41) is 24.0. The maximum atomic E-state index is 11.6. The second-order valence-electron chi connectivity index (χ2n) is 5.69. The Morgan fingerprint density at radius 1 is 1.00 bits per heavy atom. The molecule has 3 aromatic carbocycles. The molecule has 3 rings (SSSR count). The number of hydrogen-bond acceptors (Lipinski definition) is 4. The Bertz CT molecular complexity index is 941. The first-order valence-corrected chi connectivity index (χ1v) is 7.95. The largest absolute Gasteiger partial charge is 0.478 e. The lowest BCUT2D eigenvalue weighted by atomic mass is 9.98. The molecule has 0 aliphatic rings. The van der Waals surface area contributed by atoms with E-state index in [2.05, 4.69) is 5.32 Å². The van der Waals surface area contributed by atoms with Crippen LogP contribution in [0.3, 0.4) is 0 Å². The number of anilines is 1. The molecule has 130 valence electrons. The van der Waals surface area contributed by atoms with Crippen molar-refractivity contribution in [2.24, 2.45) is 0 Å². The summed E-state index contributed by atoms with van der Waals surface area (Å²) in [6.07, 6.45) is 0. The number of nitrogens with zero attached hydrogens (tertiary/aromatic N) is 1. The van der Waals surface area contributed by atoms with Gasteiger partial charge in [0, 0.05) is 12.6 Å². The number of nitro benzene ring substituents is 1. The fourth-order valence-corrected chi connectivity index (χ4v) is 2.74. The number of nitro groups is 1. The summed E-state index contributed by atoms with van der Waals surface area (Å²) in [5.41, 5.74) is 2.03. The van der Waals surface area contributed by atoms with E-state index in [0.717, 1.165) is 11.6 Å². The van der Waals surface area contributed by atoms with Crippen molar-refractivity contribution >= 4 is 17.3 Å². The lowest BCUT2D eigenvalue weighted by molar-refractivity contribution is -0.384. The highest BCUT2D eigenvalue weighted by Crippen LogP contribution is 2.38. The fourth-order valence-electron chi connectivity index (χ4n) is 2.74. The zero-order valence-corrected chi connectivity index (χ0v) is 13.8. The first-order valence-electron chi connectivity index (χ1n) is 7.95. The molecule has 0 amide bonds. The molecule has 0 atom stereocenters. The highest BCUT2D eigenvalue weighted by atomic mass is 16.6. The number of carbonyl (C=O) groups is 1. The molecule has 0 aliphatic carbocycles. The SMILES string of the molecule is O=C(O)c1cc(NCc2ccccc2)c(-c2ccccc2)c([N+](=O)[O-])c1. The van der Waals surface area contributed by atoms with E-state index >= 15 is 0 Å². The molecular weight excluding hydrogens is 332 g/mol. The summed E-state index contributed by atoms with van der Waals surface area (Å²) in [5.74, 6) is -1.21. The van der Waals surface area contributed by atoms with E-state index in [1.54, 1.807) is 24.3 Å². The fraction of sp³-hybridized carbons (Fsp3) is 0.0500. The second kappa shape index (κ2) is 7.48. The summed E-state index contributed by atoms with van der Waals surface area (Å²) >= 11 is 0. The smallest absolute Gasteiger partial charge is 0.336 e. The van der Waals surface area contributed by atoms with E-state index in [1.165, 1.54) is 6.07 Å². The highest BCUT2D eigenvalue weighted by Gasteiger charge is 2.23. The zero-order valence-electron chi connectivity index (χ0n) is 13.8. The van der Waals surface area contributed by atoms with Gasteiger partial charge in [0.15, 0.2) is 0 Å². The highest BCUT2D eigenvalue weighted by molar-refractivity contribution is 5.95. The van der Waals surface area contributed by atoms with Gasteiger partial charge in [-0.25, -0.2) is 4.79 Å². The molecule has 0 bridgehead atoms. The number of aromatic carboxylic acids is 1. The number of benzene rings is 3. The number of rotatable bonds is 6. The average molecular weight is 348 g/mol. The second-order valence-corrected chi connectivity index (χ2v) is 5.69. The van der Waals surface area contributed by atoms with Crippen LogP contribution >= 0.6 is 0 Å². The Morgan fingerprint density at radius 3 is 2.19 bits per heavy atom. The number of carboxylic acid groups (broad SMARTS) is 1. The molecule has 6 nitrogen and oxygen atoms in total. The van der Waals surface area contributed by atoms with Crippen LogP contribution in [0.15, 0.2) is 72.8 Å². The Morgan fingerprint density at radius 2 is 1.62 bits per heavy atom. The van der Waals surface area contributed by atoms with Crippen molar-refractivity contribution in [3.05, 3.63) is 94.0 Å². The van der Waals surface area contributed by atoms with Crippen LogP contribution in [0.4, 0.5) is 11.4 Å². The van der Waals surface area contributed by atoms with Crippen LogP contribution in [0.5, 0.6) is 0 Å². The molecule has 2 N–H and O–H groups in total. The lowest BCUT2D eigenvalue weighted by Gasteiger charge is -2.14. The third-order valence-corrected chi connectivity index (χ3v) is 3.95. The average Bonchev–Trinajstić information content (AvgIpc) is 2.67. The van der Waals surface area contributed by atoms with Gasteiger partial charge in [0.25, 0.3) is 5.69 Å². The molecule has 0 aliphatic heterocycles. The third kappa shape index (κ3) is 3.70. The van der Waals surface area contributed by atoms with Crippen LogP contribution in [-0.4, -0.2) is 16.0 Å². The van der Waals surface area contributed by atoms with Crippen molar-refractivity contribution in [1.82, 2.24) is 0 Å². The first kappa shape index (κ1) is 17.2. The van der Waals surface area contributed by atoms with Gasteiger partial charge < -0.3 is 10.4 Å². The molecule has 0 radical (unpaired) electrons. The molecule has 0 unspecified atom stereocenters. The quantitative estimate of drug-likeness (QED) is 0.503. The normalized spacial score (nSPS) is 10.3. The minimum atomic E-state index is -1.21. The maximum Gasteiger partial charge on any atom is 0.336 e. The van der Waals surface area contributed by atoms with Crippen LogP contribution in [0.25, 0.3) is 11.1 Å². The summed E-state index contributed by atoms with van der Waals surface area (Å²) in [7, 11) is 0. The van der Waals surface area contributed by atoms with Crippen LogP contribution in [0.2, 0.25) is 0 Å². The van der Waals surface area contributed by atoms with Gasteiger partial charge in [0.1, 0.15) is 0 Å². The van der Waals surface area contributed by atoms with Gasteiger partial charge in [-0.1, -0.05) is 60.7 Å². The molecule has 3 aromatic rings. The van der Waals surface area contributed by atoms with E-state index in [9.17, 15) is 20.0 Å². The van der Waals surface area contributed by atoms with Crippen molar-refractivity contribution in [2.75, 3.05) is 5.32 Å².